The summed E-state index contributed by atoms with van der Waals surface area (Å²) in [6.45, 7) is 6.27. The third-order valence-electron chi connectivity index (χ3n) is 4.89. The van der Waals surface area contributed by atoms with E-state index in [1.807, 2.05) is 24.3 Å². The number of esters is 1. The number of fused-ring (bicyclic) bond motifs is 2. The summed E-state index contributed by atoms with van der Waals surface area (Å²) in [5.41, 5.74) is 0.640. The smallest absolute Gasteiger partial charge is 0.303 e. The van der Waals surface area contributed by atoms with Gasteiger partial charge in [-0.05, 0) is 18.4 Å². The second-order valence-corrected chi connectivity index (χ2v) is 6.14. The van der Waals surface area contributed by atoms with Gasteiger partial charge in [0.15, 0.2) is 5.60 Å². The SMILES string of the molecule is C=CCN1C2CCCC1C(OC(C)=O)(c1ccccc1)C2. The lowest BCUT2D eigenvalue weighted by Crippen LogP contribution is -2.47. The Labute approximate surface area is 126 Å². The summed E-state index contributed by atoms with van der Waals surface area (Å²) < 4.78 is 5.96. The topological polar surface area (TPSA) is 29.5 Å². The zero-order valence-electron chi connectivity index (χ0n) is 12.6. The van der Waals surface area contributed by atoms with E-state index in [1.165, 1.54) is 19.8 Å². The first-order valence-electron chi connectivity index (χ1n) is 7.79. The molecule has 0 aliphatic carbocycles. The van der Waals surface area contributed by atoms with Gasteiger partial charge in [-0.2, -0.15) is 0 Å². The predicted octanol–water partition coefficient (Wildman–Crippen LogP) is 3.26. The molecule has 0 spiro atoms. The summed E-state index contributed by atoms with van der Waals surface area (Å²) in [6.07, 6.45) is 6.32. The van der Waals surface area contributed by atoms with Gasteiger partial charge in [0.1, 0.15) is 0 Å². The molecular weight excluding hydrogens is 262 g/mol. The van der Waals surface area contributed by atoms with Crippen LogP contribution in [0.3, 0.4) is 0 Å². The number of rotatable bonds is 4. The molecule has 0 radical (unpaired) electrons. The van der Waals surface area contributed by atoms with Crippen molar-refractivity contribution in [1.82, 2.24) is 4.90 Å². The fourth-order valence-electron chi connectivity index (χ4n) is 4.22. The number of carbonyl (C=O) groups is 1. The molecular formula is C18H23NO2. The van der Waals surface area contributed by atoms with Crippen LogP contribution in [-0.4, -0.2) is 29.5 Å². The van der Waals surface area contributed by atoms with E-state index in [0.717, 1.165) is 24.9 Å². The molecule has 2 bridgehead atoms. The van der Waals surface area contributed by atoms with Crippen molar-refractivity contribution in [3.63, 3.8) is 0 Å². The number of piperidine rings is 1. The Bertz CT molecular complexity index is 527. The molecule has 2 aliphatic heterocycles. The Morgan fingerprint density at radius 1 is 1.43 bits per heavy atom. The number of hydrogen-bond donors (Lipinski definition) is 0. The van der Waals surface area contributed by atoms with Gasteiger partial charge in [-0.25, -0.2) is 0 Å². The first-order chi connectivity index (χ1) is 10.2. The van der Waals surface area contributed by atoms with Crippen LogP contribution >= 0.6 is 0 Å². The van der Waals surface area contributed by atoms with E-state index in [-0.39, 0.29) is 12.0 Å². The number of ether oxygens (including phenoxy) is 1. The molecule has 3 atom stereocenters. The van der Waals surface area contributed by atoms with Gasteiger partial charge in [0.05, 0.1) is 6.04 Å². The van der Waals surface area contributed by atoms with Gasteiger partial charge < -0.3 is 4.74 Å². The third kappa shape index (κ3) is 2.40. The lowest BCUT2D eigenvalue weighted by Gasteiger charge is -2.39. The van der Waals surface area contributed by atoms with Gasteiger partial charge in [-0.15, -0.1) is 6.58 Å². The van der Waals surface area contributed by atoms with Crippen LogP contribution in [0.25, 0.3) is 0 Å². The fraction of sp³-hybridized carbons (Fsp3) is 0.500. The Balaban J connectivity index is 2.04. The van der Waals surface area contributed by atoms with Crippen molar-refractivity contribution >= 4 is 5.97 Å². The molecule has 2 fully saturated rings. The molecule has 3 heteroatoms. The monoisotopic (exact) mass is 285 g/mol. The van der Waals surface area contributed by atoms with Gasteiger partial charge in [0.25, 0.3) is 0 Å². The number of hydrogen-bond acceptors (Lipinski definition) is 3. The van der Waals surface area contributed by atoms with E-state index in [0.29, 0.717) is 6.04 Å². The van der Waals surface area contributed by atoms with E-state index in [9.17, 15) is 4.79 Å². The zero-order chi connectivity index (χ0) is 14.9. The van der Waals surface area contributed by atoms with Gasteiger partial charge >= 0.3 is 5.97 Å². The summed E-state index contributed by atoms with van der Waals surface area (Å²) >= 11 is 0. The highest BCUT2D eigenvalue weighted by molar-refractivity contribution is 5.67. The van der Waals surface area contributed by atoms with Crippen molar-refractivity contribution < 1.29 is 9.53 Å². The average Bonchev–Trinajstić information content (AvgIpc) is 2.65. The second kappa shape index (κ2) is 5.64. The molecule has 2 aliphatic rings. The second-order valence-electron chi connectivity index (χ2n) is 6.14. The van der Waals surface area contributed by atoms with Crippen LogP contribution in [0.4, 0.5) is 0 Å². The number of benzene rings is 1. The Morgan fingerprint density at radius 3 is 2.86 bits per heavy atom. The Kier molecular flexibility index (Phi) is 3.85. The molecule has 1 aromatic rings. The highest BCUT2D eigenvalue weighted by Gasteiger charge is 2.56. The maximum atomic E-state index is 11.8. The van der Waals surface area contributed by atoms with Gasteiger partial charge in [0, 0.05) is 25.9 Å². The standard InChI is InChI=1S/C18H23NO2/c1-3-12-19-16-10-7-11-17(19)18(13-16,21-14(2)20)15-8-5-4-6-9-15/h3-6,8-9,16-17H,1,7,10-13H2,2H3. The summed E-state index contributed by atoms with van der Waals surface area (Å²) in [5.74, 6) is -0.190. The summed E-state index contributed by atoms with van der Waals surface area (Å²) in [6, 6.07) is 11.0. The lowest BCUT2D eigenvalue weighted by atomic mass is 9.84. The molecule has 2 saturated heterocycles. The van der Waals surface area contributed by atoms with Crippen LogP contribution in [0.1, 0.15) is 38.2 Å². The van der Waals surface area contributed by atoms with Gasteiger partial charge in [0.2, 0.25) is 0 Å². The highest BCUT2D eigenvalue weighted by Crippen LogP contribution is 2.50. The van der Waals surface area contributed by atoms with Crippen molar-refractivity contribution in [2.24, 2.45) is 0 Å². The normalized spacial score (nSPS) is 31.9. The molecule has 21 heavy (non-hydrogen) atoms. The minimum Gasteiger partial charge on any atom is -0.453 e. The minimum atomic E-state index is -0.489. The average molecular weight is 285 g/mol. The van der Waals surface area contributed by atoms with Crippen LogP contribution in [-0.2, 0) is 15.1 Å². The van der Waals surface area contributed by atoms with E-state index >= 15 is 0 Å². The molecule has 0 saturated carbocycles. The largest absolute Gasteiger partial charge is 0.453 e. The van der Waals surface area contributed by atoms with E-state index in [4.69, 9.17) is 4.74 Å². The van der Waals surface area contributed by atoms with Crippen molar-refractivity contribution in [3.8, 4) is 0 Å². The summed E-state index contributed by atoms with van der Waals surface area (Å²) in [7, 11) is 0. The molecule has 3 nitrogen and oxygen atoms in total. The number of nitrogens with zero attached hydrogens (tertiary/aromatic N) is 1. The Morgan fingerprint density at radius 2 is 2.19 bits per heavy atom. The first kappa shape index (κ1) is 14.3. The number of carbonyl (C=O) groups excluding carboxylic acids is 1. The molecule has 0 aromatic heterocycles. The van der Waals surface area contributed by atoms with Gasteiger partial charge in [-0.3, -0.25) is 9.69 Å². The molecule has 0 N–H and O–H groups in total. The molecule has 1 aromatic carbocycles. The van der Waals surface area contributed by atoms with E-state index < -0.39 is 5.60 Å². The first-order valence-corrected chi connectivity index (χ1v) is 7.79. The maximum Gasteiger partial charge on any atom is 0.303 e. The maximum absolute atomic E-state index is 11.8. The molecule has 112 valence electrons. The van der Waals surface area contributed by atoms with E-state index in [1.54, 1.807) is 0 Å². The van der Waals surface area contributed by atoms with Crippen LogP contribution in [0.2, 0.25) is 0 Å². The van der Waals surface area contributed by atoms with Crippen molar-refractivity contribution in [3.05, 3.63) is 48.6 Å². The predicted molar refractivity (Wildman–Crippen MR) is 82.8 cm³/mol. The molecule has 2 heterocycles. The van der Waals surface area contributed by atoms with Crippen molar-refractivity contribution in [2.75, 3.05) is 6.54 Å². The Hall–Kier alpha value is -1.61. The van der Waals surface area contributed by atoms with Crippen LogP contribution in [0, 0.1) is 0 Å². The van der Waals surface area contributed by atoms with Crippen LogP contribution in [0.15, 0.2) is 43.0 Å². The minimum absolute atomic E-state index is 0.190. The zero-order valence-corrected chi connectivity index (χ0v) is 12.6. The fourth-order valence-corrected chi connectivity index (χ4v) is 4.22. The van der Waals surface area contributed by atoms with Crippen molar-refractivity contribution in [1.29, 1.82) is 0 Å². The molecule has 3 rings (SSSR count). The summed E-state index contributed by atoms with van der Waals surface area (Å²) in [4.78, 5) is 14.2. The van der Waals surface area contributed by atoms with Crippen LogP contribution < -0.4 is 0 Å². The lowest BCUT2D eigenvalue weighted by molar-refractivity contribution is -0.161. The summed E-state index contributed by atoms with van der Waals surface area (Å²) in [5, 5.41) is 0. The molecule has 3 unspecified atom stereocenters. The third-order valence-corrected chi connectivity index (χ3v) is 4.89. The quantitative estimate of drug-likeness (QED) is 0.628. The van der Waals surface area contributed by atoms with E-state index in [2.05, 4.69) is 23.6 Å². The van der Waals surface area contributed by atoms with Gasteiger partial charge in [-0.1, -0.05) is 42.8 Å². The van der Waals surface area contributed by atoms with Crippen molar-refractivity contribution in [2.45, 2.75) is 50.3 Å². The van der Waals surface area contributed by atoms with Crippen LogP contribution in [0.5, 0.6) is 0 Å². The highest BCUT2D eigenvalue weighted by atomic mass is 16.6. The molecule has 0 amide bonds.